The molecule has 0 unspecified atom stereocenters. The van der Waals surface area contributed by atoms with Gasteiger partial charge in [-0.2, -0.15) is 13.2 Å². The molecular weight excluding hydrogens is 259 g/mol. The number of carbonyl (C=O) groups excluding carboxylic acids is 1. The number of halogens is 4. The summed E-state index contributed by atoms with van der Waals surface area (Å²) in [5.74, 6) is -0.811. The molecule has 96 valence electrons. The minimum atomic E-state index is -4.53. The standard InChI is InChI=1S/C10H10F3NO2.ClH/c1-16-9(15)6-2-3-7(5-14)8(4-6)10(11,12)13;/h2-4H,5,14H2,1H3;1H. The highest BCUT2D eigenvalue weighted by Gasteiger charge is 2.33. The third-order valence-electron chi connectivity index (χ3n) is 2.06. The van der Waals surface area contributed by atoms with Crippen LogP contribution < -0.4 is 5.73 Å². The van der Waals surface area contributed by atoms with Crippen LogP contribution in [0.4, 0.5) is 13.2 Å². The summed E-state index contributed by atoms with van der Waals surface area (Å²) >= 11 is 0. The Morgan fingerprint density at radius 2 is 2.00 bits per heavy atom. The molecule has 0 atom stereocenters. The van der Waals surface area contributed by atoms with E-state index in [1.165, 1.54) is 12.1 Å². The van der Waals surface area contributed by atoms with Crippen molar-refractivity contribution in [2.75, 3.05) is 7.11 Å². The van der Waals surface area contributed by atoms with E-state index in [-0.39, 0.29) is 30.1 Å². The smallest absolute Gasteiger partial charge is 0.416 e. The molecule has 0 spiro atoms. The Labute approximate surface area is 102 Å². The van der Waals surface area contributed by atoms with Gasteiger partial charge in [0.25, 0.3) is 0 Å². The lowest BCUT2D eigenvalue weighted by molar-refractivity contribution is -0.138. The second-order valence-electron chi connectivity index (χ2n) is 3.07. The SMILES string of the molecule is COC(=O)c1ccc(CN)c(C(F)(F)F)c1.Cl. The van der Waals surface area contributed by atoms with Crippen molar-refractivity contribution in [3.8, 4) is 0 Å². The zero-order valence-electron chi connectivity index (χ0n) is 8.88. The van der Waals surface area contributed by atoms with E-state index in [4.69, 9.17) is 5.73 Å². The third-order valence-corrected chi connectivity index (χ3v) is 2.06. The fraction of sp³-hybridized carbons (Fsp3) is 0.300. The summed E-state index contributed by atoms with van der Waals surface area (Å²) in [5, 5.41) is 0. The molecule has 7 heteroatoms. The van der Waals surface area contributed by atoms with Crippen LogP contribution in [-0.4, -0.2) is 13.1 Å². The Hall–Kier alpha value is -1.27. The quantitative estimate of drug-likeness (QED) is 0.839. The van der Waals surface area contributed by atoms with E-state index in [1.54, 1.807) is 0 Å². The first-order chi connectivity index (χ1) is 7.40. The predicted molar refractivity (Wildman–Crippen MR) is 57.9 cm³/mol. The van der Waals surface area contributed by atoms with Crippen molar-refractivity contribution < 1.29 is 22.7 Å². The van der Waals surface area contributed by atoms with Crippen LogP contribution >= 0.6 is 12.4 Å². The van der Waals surface area contributed by atoms with E-state index in [0.29, 0.717) is 0 Å². The summed E-state index contributed by atoms with van der Waals surface area (Å²) in [6, 6.07) is 3.17. The van der Waals surface area contributed by atoms with Gasteiger partial charge in [-0.15, -0.1) is 12.4 Å². The van der Waals surface area contributed by atoms with Gasteiger partial charge >= 0.3 is 12.1 Å². The first-order valence-corrected chi connectivity index (χ1v) is 4.38. The summed E-state index contributed by atoms with van der Waals surface area (Å²) in [6.07, 6.45) is -4.53. The van der Waals surface area contributed by atoms with Gasteiger partial charge in [-0.1, -0.05) is 6.07 Å². The molecule has 1 aromatic carbocycles. The molecule has 0 saturated carbocycles. The van der Waals surface area contributed by atoms with Gasteiger partial charge in [0.05, 0.1) is 18.2 Å². The maximum absolute atomic E-state index is 12.6. The lowest BCUT2D eigenvalue weighted by atomic mass is 10.0. The van der Waals surface area contributed by atoms with Crippen LogP contribution in [0.3, 0.4) is 0 Å². The van der Waals surface area contributed by atoms with Gasteiger partial charge in [0.15, 0.2) is 0 Å². The van der Waals surface area contributed by atoms with Gasteiger partial charge in [-0.25, -0.2) is 4.79 Å². The summed E-state index contributed by atoms with van der Waals surface area (Å²) in [7, 11) is 1.10. The molecule has 0 saturated heterocycles. The molecule has 1 rings (SSSR count). The fourth-order valence-corrected chi connectivity index (χ4v) is 1.26. The van der Waals surface area contributed by atoms with E-state index in [9.17, 15) is 18.0 Å². The van der Waals surface area contributed by atoms with Gasteiger partial charge in [-0.3, -0.25) is 0 Å². The highest BCUT2D eigenvalue weighted by Crippen LogP contribution is 2.32. The molecule has 17 heavy (non-hydrogen) atoms. The number of esters is 1. The van der Waals surface area contributed by atoms with E-state index in [1.807, 2.05) is 0 Å². The average molecular weight is 270 g/mol. The predicted octanol–water partition coefficient (Wildman–Crippen LogP) is 2.37. The number of alkyl halides is 3. The van der Waals surface area contributed by atoms with Gasteiger partial charge in [0, 0.05) is 6.54 Å². The van der Waals surface area contributed by atoms with Crippen molar-refractivity contribution in [3.05, 3.63) is 34.9 Å². The maximum atomic E-state index is 12.6. The molecule has 3 nitrogen and oxygen atoms in total. The monoisotopic (exact) mass is 269 g/mol. The van der Waals surface area contributed by atoms with Crippen molar-refractivity contribution in [2.24, 2.45) is 5.73 Å². The van der Waals surface area contributed by atoms with Crippen molar-refractivity contribution in [2.45, 2.75) is 12.7 Å². The highest BCUT2D eigenvalue weighted by molar-refractivity contribution is 5.89. The van der Waals surface area contributed by atoms with E-state index >= 15 is 0 Å². The number of carbonyl (C=O) groups is 1. The lowest BCUT2D eigenvalue weighted by Gasteiger charge is -2.12. The third kappa shape index (κ3) is 3.61. The second-order valence-corrected chi connectivity index (χ2v) is 3.07. The van der Waals surface area contributed by atoms with Crippen LogP contribution in [0.15, 0.2) is 18.2 Å². The number of rotatable bonds is 2. The molecule has 0 aliphatic heterocycles. The number of methoxy groups -OCH3 is 1. The fourth-order valence-electron chi connectivity index (χ4n) is 1.26. The molecule has 0 amide bonds. The Kier molecular flexibility index (Phi) is 5.44. The minimum absolute atomic E-state index is 0. The number of nitrogens with two attached hydrogens (primary N) is 1. The molecule has 0 aliphatic carbocycles. The van der Waals surface area contributed by atoms with Crippen LogP contribution in [0.1, 0.15) is 21.5 Å². The van der Waals surface area contributed by atoms with Crippen molar-refractivity contribution in [1.29, 1.82) is 0 Å². The first-order valence-electron chi connectivity index (χ1n) is 4.38. The van der Waals surface area contributed by atoms with E-state index in [2.05, 4.69) is 4.74 Å². The number of hydrogen-bond acceptors (Lipinski definition) is 3. The summed E-state index contributed by atoms with van der Waals surface area (Å²) in [5.41, 5.74) is 4.08. The number of hydrogen-bond donors (Lipinski definition) is 1. The zero-order chi connectivity index (χ0) is 12.3. The normalized spacial score (nSPS) is 10.6. The first kappa shape index (κ1) is 15.7. The van der Waals surface area contributed by atoms with Crippen molar-refractivity contribution >= 4 is 18.4 Å². The Bertz CT molecular complexity index is 407. The second kappa shape index (κ2) is 5.88. The van der Waals surface area contributed by atoms with Gasteiger partial charge in [-0.05, 0) is 17.7 Å². The molecule has 1 aromatic rings. The van der Waals surface area contributed by atoms with E-state index in [0.717, 1.165) is 13.2 Å². The molecular formula is C10H11ClF3NO2. The Morgan fingerprint density at radius 1 is 1.41 bits per heavy atom. The number of ether oxygens (including phenoxy) is 1. The molecule has 0 heterocycles. The van der Waals surface area contributed by atoms with Crippen LogP contribution in [0, 0.1) is 0 Å². The highest BCUT2D eigenvalue weighted by atomic mass is 35.5. The average Bonchev–Trinajstić information content (AvgIpc) is 2.26. The van der Waals surface area contributed by atoms with Gasteiger partial charge < -0.3 is 10.5 Å². The molecule has 0 fully saturated rings. The largest absolute Gasteiger partial charge is 0.465 e. The summed E-state index contributed by atoms with van der Waals surface area (Å²) < 4.78 is 42.1. The summed E-state index contributed by atoms with van der Waals surface area (Å²) in [6.45, 7) is -0.240. The van der Waals surface area contributed by atoms with Gasteiger partial charge in [0.1, 0.15) is 0 Å². The summed E-state index contributed by atoms with van der Waals surface area (Å²) in [4.78, 5) is 11.1. The lowest BCUT2D eigenvalue weighted by Crippen LogP contribution is -2.14. The number of benzene rings is 1. The molecule has 2 N–H and O–H groups in total. The van der Waals surface area contributed by atoms with Crippen LogP contribution in [0.25, 0.3) is 0 Å². The van der Waals surface area contributed by atoms with E-state index < -0.39 is 17.7 Å². The maximum Gasteiger partial charge on any atom is 0.416 e. The van der Waals surface area contributed by atoms with Crippen molar-refractivity contribution in [1.82, 2.24) is 0 Å². The van der Waals surface area contributed by atoms with Crippen LogP contribution in [-0.2, 0) is 17.5 Å². The van der Waals surface area contributed by atoms with Crippen molar-refractivity contribution in [3.63, 3.8) is 0 Å². The molecule has 0 aromatic heterocycles. The molecule has 0 bridgehead atoms. The minimum Gasteiger partial charge on any atom is -0.465 e. The zero-order valence-corrected chi connectivity index (χ0v) is 9.69. The van der Waals surface area contributed by atoms with Gasteiger partial charge in [0.2, 0.25) is 0 Å². The Morgan fingerprint density at radius 3 is 2.41 bits per heavy atom. The Balaban J connectivity index is 0.00000256. The van der Waals surface area contributed by atoms with Crippen LogP contribution in [0.5, 0.6) is 0 Å². The topological polar surface area (TPSA) is 52.3 Å². The molecule has 0 radical (unpaired) electrons. The van der Waals surface area contributed by atoms with Crippen LogP contribution in [0.2, 0.25) is 0 Å². The molecule has 0 aliphatic rings.